The second-order valence-electron chi connectivity index (χ2n) is 5.20. The maximum atomic E-state index is 12.6. The number of nitrogens with zero attached hydrogens (tertiary/aromatic N) is 2. The van der Waals surface area contributed by atoms with Crippen LogP contribution in [0.5, 0.6) is 0 Å². The Labute approximate surface area is 132 Å². The van der Waals surface area contributed by atoms with Gasteiger partial charge in [0, 0.05) is 5.02 Å². The number of rotatable bonds is 3. The van der Waals surface area contributed by atoms with Gasteiger partial charge in [0.15, 0.2) is 0 Å². The van der Waals surface area contributed by atoms with Gasteiger partial charge in [0.05, 0.1) is 12.3 Å². The fourth-order valence-corrected chi connectivity index (χ4v) is 3.19. The first-order valence-electron chi connectivity index (χ1n) is 7.13. The van der Waals surface area contributed by atoms with Gasteiger partial charge in [-0.05, 0) is 38.0 Å². The molecule has 2 saturated heterocycles. The molecule has 0 spiro atoms. The Morgan fingerprint density at radius 2 is 2.14 bits per heavy atom. The fraction of sp³-hybridized carbons (Fsp3) is 0.400. The molecule has 22 heavy (non-hydrogen) atoms. The third kappa shape index (κ3) is 2.23. The Balaban J connectivity index is 1.90. The van der Waals surface area contributed by atoms with E-state index in [-0.39, 0.29) is 12.5 Å². The lowest BCUT2D eigenvalue weighted by atomic mass is 10.1. The summed E-state index contributed by atoms with van der Waals surface area (Å²) in [7, 11) is 0. The van der Waals surface area contributed by atoms with Crippen LogP contribution in [0.1, 0.15) is 19.8 Å². The molecule has 0 bridgehead atoms. The molecule has 1 aromatic rings. The minimum Gasteiger partial charge on any atom is -0.464 e. The van der Waals surface area contributed by atoms with Crippen molar-refractivity contribution in [1.82, 2.24) is 4.90 Å². The summed E-state index contributed by atoms with van der Waals surface area (Å²) in [6.07, 6.45) is 0.912. The van der Waals surface area contributed by atoms with Crippen LogP contribution in [0, 0.1) is 0 Å². The lowest BCUT2D eigenvalue weighted by Crippen LogP contribution is -2.43. The summed E-state index contributed by atoms with van der Waals surface area (Å²) in [4.78, 5) is 39.5. The fourth-order valence-electron chi connectivity index (χ4n) is 3.00. The minimum absolute atomic E-state index is 0.244. The molecule has 3 amide bonds. The molecule has 0 radical (unpaired) electrons. The quantitative estimate of drug-likeness (QED) is 0.632. The molecule has 2 heterocycles. The van der Waals surface area contributed by atoms with E-state index in [4.69, 9.17) is 16.3 Å². The highest BCUT2D eigenvalue weighted by Gasteiger charge is 2.54. The smallest absolute Gasteiger partial charge is 0.332 e. The summed E-state index contributed by atoms with van der Waals surface area (Å²) >= 11 is 5.92. The number of esters is 1. The van der Waals surface area contributed by atoms with Crippen molar-refractivity contribution >= 4 is 35.2 Å². The summed E-state index contributed by atoms with van der Waals surface area (Å²) in [5.41, 5.74) is 0.416. The zero-order valence-corrected chi connectivity index (χ0v) is 12.7. The van der Waals surface area contributed by atoms with E-state index in [9.17, 15) is 14.4 Å². The lowest BCUT2D eigenvalue weighted by molar-refractivity contribution is -0.147. The molecule has 0 unspecified atom stereocenters. The Morgan fingerprint density at radius 1 is 1.36 bits per heavy atom. The Morgan fingerprint density at radius 3 is 2.82 bits per heavy atom. The summed E-state index contributed by atoms with van der Waals surface area (Å²) < 4.78 is 4.99. The van der Waals surface area contributed by atoms with E-state index in [1.807, 2.05) is 0 Å². The molecule has 0 aromatic heterocycles. The molecular formula is C15H15ClN2O4. The molecule has 6 nitrogen and oxygen atoms in total. The van der Waals surface area contributed by atoms with Gasteiger partial charge in [-0.1, -0.05) is 17.7 Å². The van der Waals surface area contributed by atoms with E-state index >= 15 is 0 Å². The third-order valence-corrected chi connectivity index (χ3v) is 4.16. The first kappa shape index (κ1) is 14.8. The van der Waals surface area contributed by atoms with Crippen LogP contribution in [0.3, 0.4) is 0 Å². The highest BCUT2D eigenvalue weighted by Crippen LogP contribution is 2.36. The van der Waals surface area contributed by atoms with Crippen LogP contribution in [-0.2, 0) is 14.3 Å². The van der Waals surface area contributed by atoms with Crippen LogP contribution in [0.15, 0.2) is 24.3 Å². The highest BCUT2D eigenvalue weighted by molar-refractivity contribution is 6.31. The number of fused-ring (bicyclic) bond motifs is 1. The second kappa shape index (κ2) is 5.61. The number of amides is 3. The number of hydrogen-bond donors (Lipinski definition) is 0. The lowest BCUT2D eigenvalue weighted by Gasteiger charge is -2.21. The molecule has 0 saturated carbocycles. The van der Waals surface area contributed by atoms with Gasteiger partial charge in [-0.15, -0.1) is 0 Å². The molecule has 2 aliphatic rings. The molecule has 0 N–H and O–H groups in total. The number of carbonyl (C=O) groups is 3. The Hall–Kier alpha value is -2.08. The van der Waals surface area contributed by atoms with Crippen molar-refractivity contribution in [3.8, 4) is 0 Å². The summed E-state index contributed by atoms with van der Waals surface area (Å²) in [6.45, 7) is 1.95. The first-order valence-corrected chi connectivity index (χ1v) is 7.51. The van der Waals surface area contributed by atoms with Crippen LogP contribution >= 0.6 is 11.6 Å². The number of carbonyl (C=O) groups excluding carboxylic acids is 3. The van der Waals surface area contributed by atoms with Crippen LogP contribution in [0.25, 0.3) is 0 Å². The van der Waals surface area contributed by atoms with Gasteiger partial charge in [-0.2, -0.15) is 0 Å². The number of imide groups is 1. The van der Waals surface area contributed by atoms with Crippen molar-refractivity contribution < 1.29 is 19.1 Å². The van der Waals surface area contributed by atoms with Gasteiger partial charge in [0.25, 0.3) is 5.91 Å². The Kier molecular flexibility index (Phi) is 3.78. The molecule has 3 rings (SSSR count). The summed E-state index contributed by atoms with van der Waals surface area (Å²) in [6, 6.07) is 4.75. The number of anilines is 1. The van der Waals surface area contributed by atoms with Crippen molar-refractivity contribution in [2.24, 2.45) is 0 Å². The molecule has 2 atom stereocenters. The first-order chi connectivity index (χ1) is 10.5. The number of halogens is 1. The van der Waals surface area contributed by atoms with Gasteiger partial charge in [0.2, 0.25) is 0 Å². The second-order valence-corrected chi connectivity index (χ2v) is 5.64. The highest BCUT2D eigenvalue weighted by atomic mass is 35.5. The molecule has 7 heteroatoms. The number of hydrogen-bond acceptors (Lipinski definition) is 4. The van der Waals surface area contributed by atoms with Crippen molar-refractivity contribution in [3.63, 3.8) is 0 Å². The van der Waals surface area contributed by atoms with E-state index in [1.54, 1.807) is 31.2 Å². The molecule has 0 aliphatic carbocycles. The number of benzene rings is 1. The predicted molar refractivity (Wildman–Crippen MR) is 79.6 cm³/mol. The zero-order chi connectivity index (χ0) is 15.9. The van der Waals surface area contributed by atoms with Gasteiger partial charge in [-0.25, -0.2) is 14.5 Å². The van der Waals surface area contributed by atoms with Crippen LogP contribution in [-0.4, -0.2) is 41.5 Å². The molecule has 1 aromatic carbocycles. The standard InChI is InChI=1S/C15H15ClN2O4/c1-2-22-14(20)12-7-6-11-13(19)17(15(21)18(11)12)10-5-3-4-9(16)8-10/h3-5,8,11-12H,2,6-7H2,1H3/t11-,12+/m1/s1. The monoisotopic (exact) mass is 322 g/mol. The maximum Gasteiger partial charge on any atom is 0.332 e. The molecule has 2 aliphatic heterocycles. The van der Waals surface area contributed by atoms with Crippen LogP contribution in [0.4, 0.5) is 10.5 Å². The normalized spacial score (nSPS) is 23.9. The van der Waals surface area contributed by atoms with Gasteiger partial charge < -0.3 is 4.74 Å². The minimum atomic E-state index is -0.689. The van der Waals surface area contributed by atoms with Gasteiger partial charge >= 0.3 is 12.0 Å². The van der Waals surface area contributed by atoms with Gasteiger partial charge in [0.1, 0.15) is 12.1 Å². The van der Waals surface area contributed by atoms with Crippen molar-refractivity contribution in [1.29, 1.82) is 0 Å². The molecular weight excluding hydrogens is 308 g/mol. The van der Waals surface area contributed by atoms with Crippen LogP contribution in [0.2, 0.25) is 5.02 Å². The van der Waals surface area contributed by atoms with E-state index in [1.165, 1.54) is 4.90 Å². The van der Waals surface area contributed by atoms with Crippen molar-refractivity contribution in [3.05, 3.63) is 29.3 Å². The van der Waals surface area contributed by atoms with Crippen molar-refractivity contribution in [2.45, 2.75) is 31.8 Å². The topological polar surface area (TPSA) is 66.9 Å². The summed E-state index contributed by atoms with van der Waals surface area (Å²) in [5.74, 6) is -0.779. The predicted octanol–water partition coefficient (Wildman–Crippen LogP) is 2.20. The SMILES string of the molecule is CCOC(=O)[C@@H]1CC[C@@H]2C(=O)N(c3cccc(Cl)c3)C(=O)N21. The van der Waals surface area contributed by atoms with Crippen LogP contribution < -0.4 is 4.90 Å². The largest absolute Gasteiger partial charge is 0.464 e. The molecule has 2 fully saturated rings. The van der Waals surface area contributed by atoms with E-state index in [0.717, 1.165) is 4.90 Å². The maximum absolute atomic E-state index is 12.6. The third-order valence-electron chi connectivity index (χ3n) is 3.93. The average molecular weight is 323 g/mol. The molecule has 116 valence electrons. The van der Waals surface area contributed by atoms with E-state index in [0.29, 0.717) is 23.6 Å². The number of urea groups is 1. The number of ether oxygens (including phenoxy) is 1. The van der Waals surface area contributed by atoms with E-state index in [2.05, 4.69) is 0 Å². The summed E-state index contributed by atoms with van der Waals surface area (Å²) in [5, 5.41) is 0.437. The van der Waals surface area contributed by atoms with Gasteiger partial charge in [-0.3, -0.25) is 9.69 Å². The average Bonchev–Trinajstić information content (AvgIpc) is 3.01. The zero-order valence-electron chi connectivity index (χ0n) is 12.0. The Bertz CT molecular complexity index is 648. The van der Waals surface area contributed by atoms with Crippen molar-refractivity contribution in [2.75, 3.05) is 11.5 Å². The van der Waals surface area contributed by atoms with E-state index < -0.39 is 24.1 Å².